The lowest BCUT2D eigenvalue weighted by Gasteiger charge is -2.24. The molecule has 1 aromatic carbocycles. The van der Waals surface area contributed by atoms with Gasteiger partial charge in [-0.05, 0) is 18.6 Å². The minimum Gasteiger partial charge on any atom is -0.485 e. The van der Waals surface area contributed by atoms with Gasteiger partial charge in [0.05, 0.1) is 11.1 Å². The molecule has 1 heterocycles. The zero-order valence-electron chi connectivity index (χ0n) is 13.0. The first-order valence-corrected chi connectivity index (χ1v) is 7.38. The molecular weight excluding hydrogens is 316 g/mol. The lowest BCUT2D eigenvalue weighted by atomic mass is 10.1. The molecule has 1 aliphatic heterocycles. The highest BCUT2D eigenvalue weighted by Gasteiger charge is 2.44. The van der Waals surface area contributed by atoms with Crippen LogP contribution in [0.5, 0.6) is 5.75 Å². The van der Waals surface area contributed by atoms with Gasteiger partial charge in [-0.2, -0.15) is 0 Å². The summed E-state index contributed by atoms with van der Waals surface area (Å²) in [7, 11) is 0. The molecule has 0 radical (unpaired) electrons. The van der Waals surface area contributed by atoms with Crippen molar-refractivity contribution in [2.75, 3.05) is 6.61 Å². The van der Waals surface area contributed by atoms with E-state index in [4.69, 9.17) is 4.74 Å². The van der Waals surface area contributed by atoms with Gasteiger partial charge in [0.2, 0.25) is 12.3 Å². The Labute approximate surface area is 137 Å². The fourth-order valence-corrected chi connectivity index (χ4v) is 2.60. The number of hydrogen-bond donors (Lipinski definition) is 1. The van der Waals surface area contributed by atoms with E-state index in [0.29, 0.717) is 12.7 Å². The normalized spacial score (nSPS) is 14.1. The first-order chi connectivity index (χ1) is 11.6. The number of fused-ring (bicyclic) bond motifs is 1. The molecule has 0 aromatic heterocycles. The molecule has 1 aromatic rings. The van der Waals surface area contributed by atoms with E-state index < -0.39 is 23.8 Å². The molecule has 8 nitrogen and oxygen atoms in total. The van der Waals surface area contributed by atoms with Crippen LogP contribution in [-0.4, -0.2) is 48.0 Å². The van der Waals surface area contributed by atoms with Gasteiger partial charge in [0.25, 0.3) is 11.8 Å². The fourth-order valence-electron chi connectivity index (χ4n) is 2.60. The van der Waals surface area contributed by atoms with E-state index in [-0.39, 0.29) is 36.3 Å². The molecule has 126 valence electrons. The van der Waals surface area contributed by atoms with Gasteiger partial charge in [-0.25, -0.2) is 0 Å². The topological polar surface area (TPSA) is 110 Å². The Morgan fingerprint density at radius 2 is 2.04 bits per heavy atom. The number of amides is 4. The molecular formula is C16H16N2O6. The third-order valence-corrected chi connectivity index (χ3v) is 3.59. The van der Waals surface area contributed by atoms with Crippen molar-refractivity contribution < 1.29 is 28.7 Å². The van der Waals surface area contributed by atoms with Crippen LogP contribution in [0.4, 0.5) is 0 Å². The summed E-state index contributed by atoms with van der Waals surface area (Å²) < 4.78 is 5.19. The molecule has 2 rings (SSSR count). The summed E-state index contributed by atoms with van der Waals surface area (Å²) in [6.45, 7) is 1.53. The molecule has 0 saturated heterocycles. The summed E-state index contributed by atoms with van der Waals surface area (Å²) in [6.07, 6.45) is 1.48. The zero-order chi connectivity index (χ0) is 17.7. The van der Waals surface area contributed by atoms with Crippen LogP contribution < -0.4 is 10.1 Å². The van der Waals surface area contributed by atoms with E-state index in [9.17, 15) is 24.0 Å². The van der Waals surface area contributed by atoms with Gasteiger partial charge in [-0.15, -0.1) is 0 Å². The van der Waals surface area contributed by atoms with Gasteiger partial charge in [0.1, 0.15) is 18.4 Å². The summed E-state index contributed by atoms with van der Waals surface area (Å²) in [5.41, 5.74) is 0.118. The minimum absolute atomic E-state index is 0.0179. The molecule has 0 bridgehead atoms. The van der Waals surface area contributed by atoms with Crippen LogP contribution in [0.25, 0.3) is 0 Å². The van der Waals surface area contributed by atoms with Gasteiger partial charge >= 0.3 is 0 Å². The Kier molecular flexibility index (Phi) is 5.41. The third-order valence-electron chi connectivity index (χ3n) is 3.59. The predicted octanol–water partition coefficient (Wildman–Crippen LogP) is 0.302. The molecule has 1 N–H and O–H groups in total. The van der Waals surface area contributed by atoms with Crippen molar-refractivity contribution >= 4 is 30.4 Å². The fraction of sp³-hybridized carbons (Fsp3) is 0.312. The number of carbonyl (C=O) groups excluding carboxylic acids is 5. The maximum absolute atomic E-state index is 12.7. The van der Waals surface area contributed by atoms with Crippen molar-refractivity contribution in [3.05, 3.63) is 29.3 Å². The Balaban J connectivity index is 2.42. The highest BCUT2D eigenvalue weighted by atomic mass is 16.5. The van der Waals surface area contributed by atoms with Gasteiger partial charge in [-0.3, -0.25) is 34.2 Å². The molecule has 1 aliphatic rings. The first kappa shape index (κ1) is 17.3. The number of rotatable bonds is 8. The van der Waals surface area contributed by atoms with Gasteiger partial charge in [-0.1, -0.05) is 19.4 Å². The Morgan fingerprint density at radius 1 is 1.29 bits per heavy atom. The average molecular weight is 332 g/mol. The molecule has 4 amide bonds. The quantitative estimate of drug-likeness (QED) is 0.542. The second kappa shape index (κ2) is 7.49. The Bertz CT molecular complexity index is 700. The van der Waals surface area contributed by atoms with E-state index in [2.05, 4.69) is 0 Å². The van der Waals surface area contributed by atoms with Crippen molar-refractivity contribution in [3.8, 4) is 5.75 Å². The number of nitrogens with one attached hydrogen (secondary N) is 1. The van der Waals surface area contributed by atoms with Crippen LogP contribution in [-0.2, 0) is 14.4 Å². The van der Waals surface area contributed by atoms with Crippen LogP contribution in [0.1, 0.15) is 40.5 Å². The number of hydrogen-bond acceptors (Lipinski definition) is 6. The summed E-state index contributed by atoms with van der Waals surface area (Å²) in [4.78, 5) is 59.1. The largest absolute Gasteiger partial charge is 0.485 e. The van der Waals surface area contributed by atoms with Gasteiger partial charge in [0, 0.05) is 0 Å². The van der Waals surface area contributed by atoms with E-state index >= 15 is 0 Å². The molecule has 0 aliphatic carbocycles. The van der Waals surface area contributed by atoms with E-state index in [0.717, 1.165) is 4.90 Å². The van der Waals surface area contributed by atoms with Gasteiger partial charge < -0.3 is 4.74 Å². The molecule has 0 saturated carbocycles. The van der Waals surface area contributed by atoms with Crippen molar-refractivity contribution in [3.63, 3.8) is 0 Å². The SMILES string of the molecule is CCCC(C(=O)NC=O)N1C(=O)c2cccc(OCC=O)c2C1=O. The average Bonchev–Trinajstić information content (AvgIpc) is 2.83. The lowest BCUT2D eigenvalue weighted by molar-refractivity contribution is -0.128. The monoisotopic (exact) mass is 332 g/mol. The maximum atomic E-state index is 12.7. The number of imide groups is 2. The summed E-state index contributed by atoms with van der Waals surface area (Å²) in [5, 5.41) is 1.98. The van der Waals surface area contributed by atoms with Gasteiger partial charge in [0.15, 0.2) is 6.29 Å². The van der Waals surface area contributed by atoms with Crippen molar-refractivity contribution in [2.45, 2.75) is 25.8 Å². The summed E-state index contributed by atoms with van der Waals surface area (Å²) >= 11 is 0. The highest BCUT2D eigenvalue weighted by Crippen LogP contribution is 2.32. The Morgan fingerprint density at radius 3 is 2.67 bits per heavy atom. The van der Waals surface area contributed by atoms with Crippen LogP contribution in [0.15, 0.2) is 18.2 Å². The second-order valence-electron chi connectivity index (χ2n) is 5.07. The molecule has 8 heteroatoms. The van der Waals surface area contributed by atoms with E-state index in [1.54, 1.807) is 6.92 Å². The zero-order valence-corrected chi connectivity index (χ0v) is 13.0. The molecule has 0 fully saturated rings. The molecule has 1 atom stereocenters. The third kappa shape index (κ3) is 3.03. The number of aldehydes is 1. The van der Waals surface area contributed by atoms with Crippen molar-refractivity contribution in [1.29, 1.82) is 0 Å². The number of carbonyl (C=O) groups is 5. The standard InChI is InChI=1S/C16H16N2O6/c1-2-4-11(14(21)17-9-20)18-15(22)10-5-3-6-12(24-8-7-19)13(10)16(18)23/h3,5-7,9,11H,2,4,8H2,1H3,(H,17,20,21). The summed E-state index contributed by atoms with van der Waals surface area (Å²) in [6, 6.07) is 3.35. The lowest BCUT2D eigenvalue weighted by Crippen LogP contribution is -2.49. The Hall–Kier alpha value is -3.03. The predicted molar refractivity (Wildman–Crippen MR) is 81.4 cm³/mol. The number of benzene rings is 1. The van der Waals surface area contributed by atoms with Crippen LogP contribution in [0.3, 0.4) is 0 Å². The summed E-state index contributed by atoms with van der Waals surface area (Å²) in [5.74, 6) is -1.94. The number of nitrogens with zero attached hydrogens (tertiary/aromatic N) is 1. The minimum atomic E-state index is -1.09. The number of ether oxygens (including phenoxy) is 1. The smallest absolute Gasteiger partial charge is 0.266 e. The molecule has 0 spiro atoms. The van der Waals surface area contributed by atoms with E-state index in [1.165, 1.54) is 18.2 Å². The van der Waals surface area contributed by atoms with Crippen LogP contribution in [0.2, 0.25) is 0 Å². The molecule has 24 heavy (non-hydrogen) atoms. The first-order valence-electron chi connectivity index (χ1n) is 7.38. The van der Waals surface area contributed by atoms with E-state index in [1.807, 2.05) is 5.32 Å². The molecule has 1 unspecified atom stereocenters. The van der Waals surface area contributed by atoms with Crippen LogP contribution in [0, 0.1) is 0 Å². The van der Waals surface area contributed by atoms with Crippen molar-refractivity contribution in [1.82, 2.24) is 10.2 Å². The highest BCUT2D eigenvalue weighted by molar-refractivity contribution is 6.24. The van der Waals surface area contributed by atoms with Crippen molar-refractivity contribution in [2.24, 2.45) is 0 Å². The van der Waals surface area contributed by atoms with Crippen LogP contribution >= 0.6 is 0 Å². The second-order valence-corrected chi connectivity index (χ2v) is 5.07. The maximum Gasteiger partial charge on any atom is 0.266 e.